The Morgan fingerprint density at radius 2 is 2.11 bits per heavy atom. The van der Waals surface area contributed by atoms with Gasteiger partial charge in [0.25, 0.3) is 5.91 Å². The van der Waals surface area contributed by atoms with Gasteiger partial charge >= 0.3 is 0 Å². The molecule has 1 aromatic rings. The molecule has 1 unspecified atom stereocenters. The summed E-state index contributed by atoms with van der Waals surface area (Å²) in [5.41, 5.74) is 0.126. The first kappa shape index (κ1) is 15.0. The predicted molar refractivity (Wildman–Crippen MR) is 76.2 cm³/mol. The number of carbonyl (C=O) groups excluding carboxylic acids is 1. The number of hydrogen-bond acceptors (Lipinski definition) is 2. The molecule has 0 saturated carbocycles. The molecule has 1 atom stereocenters. The van der Waals surface area contributed by atoms with Crippen LogP contribution in [0.5, 0.6) is 0 Å². The minimum atomic E-state index is -0.266. The molecule has 0 saturated heterocycles. The van der Waals surface area contributed by atoms with E-state index in [1.165, 1.54) is 12.3 Å². The van der Waals surface area contributed by atoms with E-state index < -0.39 is 0 Å². The second-order valence-electron chi connectivity index (χ2n) is 4.24. The van der Waals surface area contributed by atoms with Crippen molar-refractivity contribution in [3.8, 4) is 0 Å². The lowest BCUT2D eigenvalue weighted by Gasteiger charge is -2.19. The van der Waals surface area contributed by atoms with E-state index in [-0.39, 0.29) is 16.3 Å². The quantitative estimate of drug-likeness (QED) is 0.791. The summed E-state index contributed by atoms with van der Waals surface area (Å²) in [4.78, 5) is 25.7. The van der Waals surface area contributed by atoms with Crippen LogP contribution in [-0.2, 0) is 0 Å². The number of hydrogen-bond donors (Lipinski definition) is 2. The van der Waals surface area contributed by atoms with E-state index in [2.05, 4.69) is 40.1 Å². The third-order valence-corrected chi connectivity index (χ3v) is 4.13. The van der Waals surface area contributed by atoms with Gasteiger partial charge in [-0.2, -0.15) is 0 Å². The van der Waals surface area contributed by atoms with Crippen LogP contribution in [0.25, 0.3) is 0 Å². The number of rotatable bonds is 6. The van der Waals surface area contributed by atoms with Gasteiger partial charge in [-0.25, -0.2) is 0 Å². The number of nitrogens with one attached hydrogen (secondary N) is 2. The van der Waals surface area contributed by atoms with E-state index in [9.17, 15) is 9.59 Å². The van der Waals surface area contributed by atoms with Crippen molar-refractivity contribution in [1.82, 2.24) is 10.3 Å². The first-order chi connectivity index (χ1) is 8.58. The number of H-pyrrole nitrogens is 1. The molecular weight excluding hydrogens is 296 g/mol. The lowest BCUT2D eigenvalue weighted by atomic mass is 9.99. The molecule has 0 spiro atoms. The summed E-state index contributed by atoms with van der Waals surface area (Å²) in [6.45, 7) is 4.85. The average molecular weight is 315 g/mol. The Morgan fingerprint density at radius 3 is 2.67 bits per heavy atom. The number of halogens is 1. The summed E-state index contributed by atoms with van der Waals surface area (Å²) < 4.78 is 0. The normalized spacial score (nSPS) is 12.4. The highest BCUT2D eigenvalue weighted by atomic mass is 79.9. The summed E-state index contributed by atoms with van der Waals surface area (Å²) in [7, 11) is 0. The van der Waals surface area contributed by atoms with Crippen molar-refractivity contribution in [2.45, 2.75) is 31.5 Å². The van der Waals surface area contributed by atoms with E-state index in [4.69, 9.17) is 0 Å². The van der Waals surface area contributed by atoms with Gasteiger partial charge in [-0.05, 0) is 12.0 Å². The van der Waals surface area contributed by atoms with Gasteiger partial charge in [0.15, 0.2) is 0 Å². The van der Waals surface area contributed by atoms with Crippen molar-refractivity contribution >= 4 is 21.8 Å². The van der Waals surface area contributed by atoms with Crippen LogP contribution >= 0.6 is 15.9 Å². The molecule has 1 heterocycles. The molecule has 2 N–H and O–H groups in total. The molecule has 0 aromatic carbocycles. The van der Waals surface area contributed by atoms with Crippen LogP contribution in [0.15, 0.2) is 23.1 Å². The van der Waals surface area contributed by atoms with Gasteiger partial charge in [0.1, 0.15) is 0 Å². The Balaban J connectivity index is 2.53. The van der Waals surface area contributed by atoms with Crippen molar-refractivity contribution in [2.24, 2.45) is 5.92 Å². The first-order valence-electron chi connectivity index (χ1n) is 6.19. The van der Waals surface area contributed by atoms with Gasteiger partial charge in [-0.1, -0.05) is 42.6 Å². The summed E-state index contributed by atoms with van der Waals surface area (Å²) in [5.74, 6) is 0.334. The molecule has 1 aromatic heterocycles. The SMILES string of the molecule is CCC(CC)C(Br)CNC(=O)c1cc[nH]c(=O)c1. The van der Waals surface area contributed by atoms with Gasteiger partial charge < -0.3 is 10.3 Å². The van der Waals surface area contributed by atoms with Crippen LogP contribution in [0, 0.1) is 5.92 Å². The van der Waals surface area contributed by atoms with E-state index in [0.29, 0.717) is 18.0 Å². The molecule has 100 valence electrons. The van der Waals surface area contributed by atoms with Crippen molar-refractivity contribution in [1.29, 1.82) is 0 Å². The molecule has 0 aliphatic carbocycles. The molecule has 0 aliphatic heterocycles. The van der Waals surface area contributed by atoms with Crippen molar-refractivity contribution in [3.63, 3.8) is 0 Å². The zero-order valence-corrected chi connectivity index (χ0v) is 12.3. The highest BCUT2D eigenvalue weighted by Gasteiger charge is 2.16. The second kappa shape index (κ2) is 7.36. The maximum atomic E-state index is 11.8. The maximum absolute atomic E-state index is 11.8. The molecule has 4 nitrogen and oxygen atoms in total. The molecule has 0 radical (unpaired) electrons. The summed E-state index contributed by atoms with van der Waals surface area (Å²) in [6, 6.07) is 2.90. The van der Waals surface area contributed by atoms with E-state index in [1.54, 1.807) is 6.07 Å². The van der Waals surface area contributed by atoms with Gasteiger partial charge in [-0.15, -0.1) is 0 Å². The van der Waals surface area contributed by atoms with E-state index >= 15 is 0 Å². The molecule has 1 rings (SSSR count). The van der Waals surface area contributed by atoms with Gasteiger partial charge in [0, 0.05) is 29.2 Å². The Kier molecular flexibility index (Phi) is 6.12. The third kappa shape index (κ3) is 4.29. The summed E-state index contributed by atoms with van der Waals surface area (Å²) in [6.07, 6.45) is 3.63. The number of amides is 1. The second-order valence-corrected chi connectivity index (χ2v) is 5.42. The van der Waals surface area contributed by atoms with Crippen LogP contribution in [0.2, 0.25) is 0 Å². The molecule has 5 heteroatoms. The number of aromatic nitrogens is 1. The Bertz CT molecular complexity index is 441. The standard InChI is InChI=1S/C13H19BrN2O2/c1-3-9(4-2)11(14)8-16-13(18)10-5-6-15-12(17)7-10/h5-7,9,11H,3-4,8H2,1-2H3,(H,15,17)(H,16,18). The lowest BCUT2D eigenvalue weighted by Crippen LogP contribution is -2.33. The number of aromatic amines is 1. The molecule has 0 bridgehead atoms. The van der Waals surface area contributed by atoms with Gasteiger partial charge in [0.05, 0.1) is 0 Å². The summed E-state index contributed by atoms with van der Waals surface area (Å²) >= 11 is 3.60. The minimum absolute atomic E-state index is 0.212. The third-order valence-electron chi connectivity index (χ3n) is 3.06. The van der Waals surface area contributed by atoms with Crippen molar-refractivity contribution in [2.75, 3.05) is 6.54 Å². The maximum Gasteiger partial charge on any atom is 0.251 e. The van der Waals surface area contributed by atoms with E-state index in [0.717, 1.165) is 12.8 Å². The number of alkyl halides is 1. The minimum Gasteiger partial charge on any atom is -0.351 e. The molecular formula is C13H19BrN2O2. The van der Waals surface area contributed by atoms with Crippen LogP contribution in [0.1, 0.15) is 37.0 Å². The zero-order chi connectivity index (χ0) is 13.5. The predicted octanol–water partition coefficient (Wildman–Crippen LogP) is 2.30. The fourth-order valence-electron chi connectivity index (χ4n) is 1.84. The summed E-state index contributed by atoms with van der Waals surface area (Å²) in [5, 5.41) is 2.84. The fourth-order valence-corrected chi connectivity index (χ4v) is 2.75. The number of carbonyl (C=O) groups is 1. The highest BCUT2D eigenvalue weighted by molar-refractivity contribution is 9.09. The Hall–Kier alpha value is -1.10. The lowest BCUT2D eigenvalue weighted by molar-refractivity contribution is 0.0952. The highest BCUT2D eigenvalue weighted by Crippen LogP contribution is 2.19. The zero-order valence-electron chi connectivity index (χ0n) is 10.7. The largest absolute Gasteiger partial charge is 0.351 e. The van der Waals surface area contributed by atoms with Gasteiger partial charge in [0.2, 0.25) is 5.56 Å². The van der Waals surface area contributed by atoms with Crippen LogP contribution < -0.4 is 10.9 Å². The molecule has 18 heavy (non-hydrogen) atoms. The first-order valence-corrected chi connectivity index (χ1v) is 7.11. The van der Waals surface area contributed by atoms with E-state index in [1.807, 2.05) is 0 Å². The van der Waals surface area contributed by atoms with Crippen LogP contribution in [-0.4, -0.2) is 22.3 Å². The monoisotopic (exact) mass is 314 g/mol. The average Bonchev–Trinajstić information content (AvgIpc) is 2.37. The molecule has 0 aliphatic rings. The Morgan fingerprint density at radius 1 is 1.44 bits per heavy atom. The fraction of sp³-hybridized carbons (Fsp3) is 0.538. The van der Waals surface area contributed by atoms with Crippen LogP contribution in [0.3, 0.4) is 0 Å². The van der Waals surface area contributed by atoms with Crippen molar-refractivity contribution < 1.29 is 4.79 Å². The Labute approximate surface area is 115 Å². The number of pyridine rings is 1. The molecule has 0 fully saturated rings. The topological polar surface area (TPSA) is 62.0 Å². The smallest absolute Gasteiger partial charge is 0.251 e. The van der Waals surface area contributed by atoms with Crippen LogP contribution in [0.4, 0.5) is 0 Å². The molecule has 1 amide bonds. The van der Waals surface area contributed by atoms with Gasteiger partial charge in [-0.3, -0.25) is 9.59 Å². The van der Waals surface area contributed by atoms with Crippen molar-refractivity contribution in [3.05, 3.63) is 34.2 Å².